The average molecular weight is 504 g/mol. The number of rotatable bonds is 8. The maximum absolute atomic E-state index is 13.4. The van der Waals surface area contributed by atoms with Crippen molar-refractivity contribution in [2.45, 2.75) is 18.6 Å². The standard InChI is InChI=1S/C26H21N3O6S/c1-2-33-25(32)17-9-3-5-11-19(17)27-21(30)15-36-26-28-22-18-10-4-6-12-20(18)35-23(22)24(31)29(26)14-16-8-7-13-34-16/h3-13H,2,14-15H2,1H3,(H,27,30). The van der Waals surface area contributed by atoms with Crippen LogP contribution in [0.1, 0.15) is 23.0 Å². The summed E-state index contributed by atoms with van der Waals surface area (Å²) in [6.45, 7) is 2.06. The number of nitrogens with zero attached hydrogens (tertiary/aromatic N) is 2. The van der Waals surface area contributed by atoms with Gasteiger partial charge in [0.1, 0.15) is 16.9 Å². The van der Waals surface area contributed by atoms with Crippen LogP contribution in [0.25, 0.3) is 22.1 Å². The van der Waals surface area contributed by atoms with E-state index in [0.717, 1.165) is 11.8 Å². The van der Waals surface area contributed by atoms with E-state index in [1.165, 1.54) is 10.8 Å². The highest BCUT2D eigenvalue weighted by atomic mass is 32.2. The summed E-state index contributed by atoms with van der Waals surface area (Å²) in [5.74, 6) is -0.382. The van der Waals surface area contributed by atoms with Crippen molar-refractivity contribution in [3.05, 3.63) is 88.6 Å². The molecule has 1 amide bonds. The zero-order valence-corrected chi connectivity index (χ0v) is 20.0. The maximum atomic E-state index is 13.4. The molecule has 0 aliphatic rings. The Kier molecular flexibility index (Phi) is 6.59. The van der Waals surface area contributed by atoms with Crippen LogP contribution in [0.3, 0.4) is 0 Å². The second-order valence-electron chi connectivity index (χ2n) is 7.74. The Balaban J connectivity index is 1.45. The molecule has 0 atom stereocenters. The van der Waals surface area contributed by atoms with E-state index in [0.29, 0.717) is 33.1 Å². The van der Waals surface area contributed by atoms with Crippen molar-refractivity contribution in [1.29, 1.82) is 0 Å². The zero-order valence-electron chi connectivity index (χ0n) is 19.2. The second kappa shape index (κ2) is 10.1. The first-order chi connectivity index (χ1) is 17.5. The van der Waals surface area contributed by atoms with Gasteiger partial charge in [0, 0.05) is 5.39 Å². The fourth-order valence-corrected chi connectivity index (χ4v) is 4.55. The van der Waals surface area contributed by atoms with E-state index in [1.807, 2.05) is 18.2 Å². The summed E-state index contributed by atoms with van der Waals surface area (Å²) in [6, 6.07) is 17.4. The molecule has 1 N–H and O–H groups in total. The highest BCUT2D eigenvalue weighted by Gasteiger charge is 2.20. The number of para-hydroxylation sites is 2. The molecule has 0 aliphatic carbocycles. The third-order valence-corrected chi connectivity index (χ3v) is 6.35. The molecule has 0 saturated carbocycles. The van der Waals surface area contributed by atoms with Crippen LogP contribution in [0.4, 0.5) is 5.69 Å². The van der Waals surface area contributed by atoms with Crippen LogP contribution in [-0.4, -0.2) is 33.8 Å². The fourth-order valence-electron chi connectivity index (χ4n) is 3.76. The molecule has 36 heavy (non-hydrogen) atoms. The smallest absolute Gasteiger partial charge is 0.340 e. The zero-order chi connectivity index (χ0) is 25.1. The highest BCUT2D eigenvalue weighted by molar-refractivity contribution is 7.99. The SMILES string of the molecule is CCOC(=O)c1ccccc1NC(=O)CSc1nc2c(oc3ccccc32)c(=O)n1Cc1ccco1. The number of anilines is 1. The normalized spacial score (nSPS) is 11.1. The van der Waals surface area contributed by atoms with Crippen molar-refractivity contribution in [3.8, 4) is 0 Å². The molecular weight excluding hydrogens is 482 g/mol. The van der Waals surface area contributed by atoms with E-state index in [-0.39, 0.29) is 41.5 Å². The summed E-state index contributed by atoms with van der Waals surface area (Å²) in [5.41, 5.74) is 1.36. The van der Waals surface area contributed by atoms with E-state index in [9.17, 15) is 14.4 Å². The summed E-state index contributed by atoms with van der Waals surface area (Å²) in [6.07, 6.45) is 1.52. The number of hydrogen-bond acceptors (Lipinski definition) is 8. The number of amides is 1. The van der Waals surface area contributed by atoms with Crippen LogP contribution in [0.5, 0.6) is 0 Å². The van der Waals surface area contributed by atoms with Crippen LogP contribution in [0.2, 0.25) is 0 Å². The average Bonchev–Trinajstić information content (AvgIpc) is 3.53. The number of aromatic nitrogens is 2. The van der Waals surface area contributed by atoms with Gasteiger partial charge in [-0.15, -0.1) is 0 Å². The molecule has 0 aliphatic heterocycles. The Hall–Kier alpha value is -4.31. The van der Waals surface area contributed by atoms with E-state index >= 15 is 0 Å². The number of carbonyl (C=O) groups is 2. The number of benzene rings is 2. The van der Waals surface area contributed by atoms with Gasteiger partial charge in [-0.2, -0.15) is 0 Å². The van der Waals surface area contributed by atoms with Crippen molar-refractivity contribution in [2.75, 3.05) is 17.7 Å². The van der Waals surface area contributed by atoms with E-state index < -0.39 is 5.97 Å². The van der Waals surface area contributed by atoms with Gasteiger partial charge in [0.2, 0.25) is 11.5 Å². The summed E-state index contributed by atoms with van der Waals surface area (Å²) >= 11 is 1.10. The lowest BCUT2D eigenvalue weighted by Crippen LogP contribution is -2.24. The molecule has 0 radical (unpaired) electrons. The van der Waals surface area contributed by atoms with E-state index in [1.54, 1.807) is 49.4 Å². The van der Waals surface area contributed by atoms with Crippen LogP contribution >= 0.6 is 11.8 Å². The Bertz CT molecular complexity index is 1620. The third-order valence-electron chi connectivity index (χ3n) is 5.37. The van der Waals surface area contributed by atoms with Crippen molar-refractivity contribution in [2.24, 2.45) is 0 Å². The molecule has 0 spiro atoms. The number of ether oxygens (including phenoxy) is 1. The lowest BCUT2D eigenvalue weighted by molar-refractivity contribution is -0.113. The Morgan fingerprint density at radius 3 is 2.69 bits per heavy atom. The summed E-state index contributed by atoms with van der Waals surface area (Å²) < 4.78 is 17.7. The van der Waals surface area contributed by atoms with Gasteiger partial charge in [-0.25, -0.2) is 9.78 Å². The van der Waals surface area contributed by atoms with Crippen molar-refractivity contribution in [3.63, 3.8) is 0 Å². The van der Waals surface area contributed by atoms with Crippen molar-refractivity contribution >= 4 is 51.4 Å². The first-order valence-electron chi connectivity index (χ1n) is 11.2. The van der Waals surface area contributed by atoms with Gasteiger partial charge in [0.15, 0.2) is 5.16 Å². The number of furan rings is 2. The van der Waals surface area contributed by atoms with Gasteiger partial charge in [-0.1, -0.05) is 36.0 Å². The quantitative estimate of drug-likeness (QED) is 0.184. The second-order valence-corrected chi connectivity index (χ2v) is 8.69. The molecule has 182 valence electrons. The molecule has 3 heterocycles. The van der Waals surface area contributed by atoms with E-state index in [4.69, 9.17) is 18.6 Å². The molecule has 0 unspecified atom stereocenters. The molecule has 0 fully saturated rings. The largest absolute Gasteiger partial charge is 0.467 e. The van der Waals surface area contributed by atoms with Gasteiger partial charge < -0.3 is 18.9 Å². The molecule has 0 saturated heterocycles. The predicted molar refractivity (Wildman–Crippen MR) is 135 cm³/mol. The van der Waals surface area contributed by atoms with Crippen LogP contribution in [0.15, 0.2) is 85.7 Å². The molecule has 2 aromatic carbocycles. The molecule has 3 aromatic heterocycles. The Morgan fingerprint density at radius 1 is 1.08 bits per heavy atom. The highest BCUT2D eigenvalue weighted by Crippen LogP contribution is 2.28. The van der Waals surface area contributed by atoms with Crippen molar-refractivity contribution < 1.29 is 23.2 Å². The fraction of sp³-hybridized carbons (Fsp3) is 0.154. The van der Waals surface area contributed by atoms with Gasteiger partial charge in [-0.05, 0) is 43.3 Å². The first kappa shape index (κ1) is 23.4. The molecule has 10 heteroatoms. The van der Waals surface area contributed by atoms with Gasteiger partial charge in [0.05, 0.1) is 36.4 Å². The number of thioether (sulfide) groups is 1. The number of hydrogen-bond donors (Lipinski definition) is 1. The summed E-state index contributed by atoms with van der Waals surface area (Å²) in [5, 5.41) is 3.80. The third kappa shape index (κ3) is 4.63. The van der Waals surface area contributed by atoms with Gasteiger partial charge >= 0.3 is 5.97 Å². The number of fused-ring (bicyclic) bond motifs is 3. The predicted octanol–water partition coefficient (Wildman–Crippen LogP) is 4.69. The summed E-state index contributed by atoms with van der Waals surface area (Å²) in [7, 11) is 0. The molecule has 9 nitrogen and oxygen atoms in total. The molecule has 5 rings (SSSR count). The molecule has 5 aromatic rings. The Morgan fingerprint density at radius 2 is 1.89 bits per heavy atom. The summed E-state index contributed by atoms with van der Waals surface area (Å²) in [4.78, 5) is 43.1. The van der Waals surface area contributed by atoms with Gasteiger partial charge in [-0.3, -0.25) is 14.2 Å². The minimum atomic E-state index is -0.521. The minimum Gasteiger partial charge on any atom is -0.467 e. The van der Waals surface area contributed by atoms with Gasteiger partial charge in [0.25, 0.3) is 5.56 Å². The lowest BCUT2D eigenvalue weighted by atomic mass is 10.2. The monoisotopic (exact) mass is 503 g/mol. The van der Waals surface area contributed by atoms with Crippen LogP contribution < -0.4 is 10.9 Å². The van der Waals surface area contributed by atoms with Crippen molar-refractivity contribution in [1.82, 2.24) is 9.55 Å². The molecular formula is C26H21N3O6S. The molecule has 0 bridgehead atoms. The number of carbonyl (C=O) groups excluding carboxylic acids is 2. The van der Waals surface area contributed by atoms with Crippen LogP contribution in [0, 0.1) is 0 Å². The number of esters is 1. The van der Waals surface area contributed by atoms with E-state index in [2.05, 4.69) is 5.32 Å². The maximum Gasteiger partial charge on any atom is 0.340 e. The first-order valence-corrected chi connectivity index (χ1v) is 12.2. The van der Waals surface area contributed by atoms with Crippen LogP contribution in [-0.2, 0) is 16.1 Å². The minimum absolute atomic E-state index is 0.0525. The topological polar surface area (TPSA) is 117 Å². The lowest BCUT2D eigenvalue weighted by Gasteiger charge is -2.12. The Labute approximate surface area is 209 Å². The number of nitrogens with one attached hydrogen (secondary N) is 1.